The average Bonchev–Trinajstić information content (AvgIpc) is 2.30. The van der Waals surface area contributed by atoms with Crippen molar-refractivity contribution in [3.05, 3.63) is 0 Å². The quantitative estimate of drug-likeness (QED) is 0.297. The van der Waals surface area contributed by atoms with Crippen LogP contribution in [0.4, 0.5) is 0 Å². The predicted octanol–water partition coefficient (Wildman–Crippen LogP) is 0.393. The molecule has 16 heavy (non-hydrogen) atoms. The summed E-state index contributed by atoms with van der Waals surface area (Å²) in [6.45, 7) is 2.90. The van der Waals surface area contributed by atoms with Crippen LogP contribution >= 0.6 is 12.2 Å². The third-order valence-corrected chi connectivity index (χ3v) is 2.66. The Morgan fingerprint density at radius 2 is 2.00 bits per heavy atom. The molecule has 0 saturated carbocycles. The number of unbranched alkanes of at least 4 members (excludes halogenated alkanes) is 1. The van der Waals surface area contributed by atoms with E-state index in [9.17, 15) is 0 Å². The zero-order valence-electron chi connectivity index (χ0n) is 9.95. The zero-order valence-corrected chi connectivity index (χ0v) is 10.8. The highest BCUT2D eigenvalue weighted by Crippen LogP contribution is 2.01. The van der Waals surface area contributed by atoms with Gasteiger partial charge < -0.3 is 21.5 Å². The Hall–Kier alpha value is -0.230. The summed E-state index contributed by atoms with van der Waals surface area (Å²) in [5.41, 5.74) is 7.13. The van der Waals surface area contributed by atoms with Crippen molar-refractivity contribution in [1.82, 2.24) is 10.6 Å². The van der Waals surface area contributed by atoms with Crippen LogP contribution in [0.1, 0.15) is 32.1 Å². The molecule has 5 N–H and O–H groups in total. The molecule has 4 nitrogen and oxygen atoms in total. The van der Waals surface area contributed by atoms with Crippen LogP contribution < -0.4 is 16.4 Å². The number of rotatable bonds is 12. The molecule has 0 bridgehead atoms. The Bertz CT molecular complexity index is 158. The predicted molar refractivity (Wildman–Crippen MR) is 72.7 cm³/mol. The molecule has 0 saturated heterocycles. The van der Waals surface area contributed by atoms with Crippen LogP contribution in [0.5, 0.6) is 0 Å². The summed E-state index contributed by atoms with van der Waals surface area (Å²) in [7, 11) is 0. The molecule has 0 aromatic rings. The van der Waals surface area contributed by atoms with Crippen molar-refractivity contribution >= 4 is 17.7 Å². The fourth-order valence-corrected chi connectivity index (χ4v) is 1.72. The molecule has 1 atom stereocenters. The highest BCUT2D eigenvalue weighted by atomic mass is 32.1. The number of nitrogens with two attached hydrogens (primary N) is 1. The second-order valence-corrected chi connectivity index (χ2v) is 4.11. The van der Waals surface area contributed by atoms with Crippen LogP contribution in [0.2, 0.25) is 0 Å². The molecular weight excluding hydrogens is 222 g/mol. The van der Waals surface area contributed by atoms with Gasteiger partial charge in [-0.3, -0.25) is 0 Å². The van der Waals surface area contributed by atoms with Crippen molar-refractivity contribution in [3.8, 4) is 0 Å². The van der Waals surface area contributed by atoms with Crippen LogP contribution in [-0.4, -0.2) is 42.9 Å². The Morgan fingerprint density at radius 3 is 2.62 bits per heavy atom. The normalized spacial score (nSPS) is 12.4. The molecule has 1 unspecified atom stereocenters. The first-order chi connectivity index (χ1) is 7.85. The summed E-state index contributed by atoms with van der Waals surface area (Å²) in [4.78, 5) is 0. The van der Waals surface area contributed by atoms with E-state index in [-0.39, 0.29) is 6.61 Å². The van der Waals surface area contributed by atoms with Crippen molar-refractivity contribution in [2.75, 3.05) is 26.2 Å². The highest BCUT2D eigenvalue weighted by Gasteiger charge is 2.05. The van der Waals surface area contributed by atoms with Crippen molar-refractivity contribution in [3.63, 3.8) is 0 Å². The van der Waals surface area contributed by atoms with Crippen LogP contribution in [0, 0.1) is 0 Å². The monoisotopic (exact) mass is 247 g/mol. The smallest absolute Gasteiger partial charge is 0.0614 e. The number of nitrogens with one attached hydrogen (secondary N) is 2. The van der Waals surface area contributed by atoms with Gasteiger partial charge in [0.25, 0.3) is 0 Å². The maximum absolute atomic E-state index is 8.67. The van der Waals surface area contributed by atoms with Gasteiger partial charge >= 0.3 is 0 Å². The van der Waals surface area contributed by atoms with Crippen LogP contribution in [0.3, 0.4) is 0 Å². The molecule has 0 heterocycles. The molecule has 5 heteroatoms. The van der Waals surface area contributed by atoms with Crippen LogP contribution in [0.15, 0.2) is 0 Å². The maximum Gasteiger partial charge on any atom is 0.0614 e. The molecule has 0 amide bonds. The van der Waals surface area contributed by atoms with Gasteiger partial charge in [0.1, 0.15) is 0 Å². The van der Waals surface area contributed by atoms with Crippen molar-refractivity contribution in [1.29, 1.82) is 0 Å². The number of aliphatic hydroxyl groups is 1. The summed E-state index contributed by atoms with van der Waals surface area (Å²) >= 11 is 4.69. The minimum absolute atomic E-state index is 0.280. The first-order valence-electron chi connectivity index (χ1n) is 6.06. The van der Waals surface area contributed by atoms with E-state index in [2.05, 4.69) is 22.9 Å². The standard InChI is InChI=1S/C11H25N3OS/c12-6-5-11(4-3-7-13-10-16)14-8-1-2-9-15/h10-11,14-15H,1-9,12H2,(H,13,16). The summed E-state index contributed by atoms with van der Waals surface area (Å²) in [5.74, 6) is 0. The Balaban J connectivity index is 3.49. The third-order valence-electron chi connectivity index (χ3n) is 2.49. The van der Waals surface area contributed by atoms with Gasteiger partial charge in [0.15, 0.2) is 0 Å². The van der Waals surface area contributed by atoms with E-state index in [1.807, 2.05) is 0 Å². The van der Waals surface area contributed by atoms with Gasteiger partial charge in [0, 0.05) is 19.2 Å². The fourth-order valence-electron chi connectivity index (χ4n) is 1.60. The lowest BCUT2D eigenvalue weighted by molar-refractivity contribution is 0.281. The minimum atomic E-state index is 0.280. The Labute approximate surface area is 104 Å². The first-order valence-corrected chi connectivity index (χ1v) is 6.53. The van der Waals surface area contributed by atoms with E-state index in [1.54, 1.807) is 5.49 Å². The first kappa shape index (κ1) is 15.8. The molecule has 0 aliphatic carbocycles. The highest BCUT2D eigenvalue weighted by molar-refractivity contribution is 7.78. The van der Waals surface area contributed by atoms with Crippen molar-refractivity contribution < 1.29 is 5.11 Å². The van der Waals surface area contributed by atoms with Gasteiger partial charge in [-0.2, -0.15) is 0 Å². The second-order valence-electron chi connectivity index (χ2n) is 3.87. The summed E-state index contributed by atoms with van der Waals surface area (Å²) in [6, 6.07) is 0.496. The van der Waals surface area contributed by atoms with E-state index in [0.717, 1.165) is 51.7 Å². The summed E-state index contributed by atoms with van der Waals surface area (Å²) < 4.78 is 0. The number of thiocarbonyl (C=S) groups is 1. The third kappa shape index (κ3) is 10.3. The topological polar surface area (TPSA) is 70.3 Å². The average molecular weight is 247 g/mol. The van der Waals surface area contributed by atoms with Gasteiger partial charge in [0.05, 0.1) is 5.49 Å². The van der Waals surface area contributed by atoms with E-state index >= 15 is 0 Å². The Morgan fingerprint density at radius 1 is 1.19 bits per heavy atom. The van der Waals surface area contributed by atoms with Crippen LogP contribution in [0.25, 0.3) is 0 Å². The van der Waals surface area contributed by atoms with E-state index in [4.69, 9.17) is 10.8 Å². The molecule has 96 valence electrons. The molecule has 0 aliphatic heterocycles. The van der Waals surface area contributed by atoms with Gasteiger partial charge in [-0.1, -0.05) is 12.2 Å². The number of hydrogen-bond donors (Lipinski definition) is 4. The number of aliphatic hydroxyl groups excluding tert-OH is 1. The summed E-state index contributed by atoms with van der Waals surface area (Å²) in [5, 5.41) is 15.2. The van der Waals surface area contributed by atoms with Gasteiger partial charge in [-0.25, -0.2) is 0 Å². The van der Waals surface area contributed by atoms with Gasteiger partial charge in [0.2, 0.25) is 0 Å². The lowest BCUT2D eigenvalue weighted by atomic mass is 10.1. The lowest BCUT2D eigenvalue weighted by Crippen LogP contribution is -2.33. The molecular formula is C11H25N3OS. The van der Waals surface area contributed by atoms with Crippen molar-refractivity contribution in [2.45, 2.75) is 38.1 Å². The maximum atomic E-state index is 8.67. The molecule has 0 fully saturated rings. The largest absolute Gasteiger partial charge is 0.396 e. The van der Waals surface area contributed by atoms with Crippen LogP contribution in [-0.2, 0) is 0 Å². The lowest BCUT2D eigenvalue weighted by Gasteiger charge is -2.17. The second kappa shape index (κ2) is 12.8. The molecule has 0 aromatic heterocycles. The summed E-state index contributed by atoms with van der Waals surface area (Å²) in [6.07, 6.45) is 5.12. The molecule has 0 aliphatic rings. The van der Waals surface area contributed by atoms with E-state index in [1.165, 1.54) is 0 Å². The fraction of sp³-hybridized carbons (Fsp3) is 0.909. The SMILES string of the molecule is NCCC(CCCNC=S)NCCCCO. The zero-order chi connectivity index (χ0) is 12.1. The van der Waals surface area contributed by atoms with Gasteiger partial charge in [-0.15, -0.1) is 0 Å². The molecule has 0 radical (unpaired) electrons. The van der Waals surface area contributed by atoms with E-state index in [0.29, 0.717) is 6.04 Å². The number of hydrogen-bond acceptors (Lipinski definition) is 4. The van der Waals surface area contributed by atoms with Gasteiger partial charge in [-0.05, 0) is 45.2 Å². The molecule has 0 aromatic carbocycles. The Kier molecular flexibility index (Phi) is 12.7. The molecule has 0 rings (SSSR count). The molecule has 0 spiro atoms. The van der Waals surface area contributed by atoms with Crippen molar-refractivity contribution in [2.24, 2.45) is 5.73 Å². The van der Waals surface area contributed by atoms with E-state index < -0.39 is 0 Å². The minimum Gasteiger partial charge on any atom is -0.396 e.